The molecule has 0 aromatic rings. The van der Waals surface area contributed by atoms with Crippen LogP contribution in [0.4, 0.5) is 0 Å². The van der Waals surface area contributed by atoms with Crippen LogP contribution in [0.2, 0.25) is 0 Å². The summed E-state index contributed by atoms with van der Waals surface area (Å²) < 4.78 is 0. The van der Waals surface area contributed by atoms with Gasteiger partial charge in [-0.05, 0) is 19.8 Å². The van der Waals surface area contributed by atoms with Crippen molar-refractivity contribution in [3.05, 3.63) is 11.3 Å². The Balaban J connectivity index is 4.05. The molecule has 4 N–H and O–H groups in total. The van der Waals surface area contributed by atoms with Gasteiger partial charge in [-0.15, -0.1) is 0 Å². The molecule has 0 saturated heterocycles. The minimum Gasteiger partial charge on any atom is -0.402 e. The van der Waals surface area contributed by atoms with Gasteiger partial charge in [0.1, 0.15) is 0 Å². The first-order valence-corrected chi connectivity index (χ1v) is 3.84. The topological polar surface area (TPSA) is 69.1 Å². The van der Waals surface area contributed by atoms with Crippen LogP contribution in [0.1, 0.15) is 33.1 Å². The number of rotatable bonds is 4. The number of amides is 1. The molecule has 0 atom stereocenters. The summed E-state index contributed by atoms with van der Waals surface area (Å²) >= 11 is 0. The van der Waals surface area contributed by atoms with Crippen molar-refractivity contribution in [3.8, 4) is 0 Å². The molecule has 0 spiro atoms. The molecule has 0 aliphatic heterocycles. The monoisotopic (exact) mass is 156 g/mol. The summed E-state index contributed by atoms with van der Waals surface area (Å²) in [4.78, 5) is 10.6. The van der Waals surface area contributed by atoms with E-state index in [1.807, 2.05) is 0 Å². The van der Waals surface area contributed by atoms with Crippen molar-refractivity contribution in [2.75, 3.05) is 0 Å². The van der Waals surface area contributed by atoms with Crippen LogP contribution in [0.25, 0.3) is 0 Å². The molecule has 0 bridgehead atoms. The highest BCUT2D eigenvalue weighted by molar-refractivity contribution is 5.91. The highest BCUT2D eigenvalue weighted by atomic mass is 16.1. The minimum atomic E-state index is -0.418. The van der Waals surface area contributed by atoms with E-state index < -0.39 is 5.91 Å². The summed E-state index contributed by atoms with van der Waals surface area (Å²) in [6.07, 6.45) is 2.86. The fraction of sp³-hybridized carbons (Fsp3) is 0.625. The largest absolute Gasteiger partial charge is 0.402 e. The summed E-state index contributed by atoms with van der Waals surface area (Å²) in [6, 6.07) is 0. The Kier molecular flexibility index (Phi) is 4.34. The smallest absolute Gasteiger partial charge is 0.246 e. The van der Waals surface area contributed by atoms with Crippen LogP contribution >= 0.6 is 0 Å². The Morgan fingerprint density at radius 1 is 1.36 bits per heavy atom. The first kappa shape index (κ1) is 10.0. The lowest BCUT2D eigenvalue weighted by Crippen LogP contribution is -2.16. The number of unbranched alkanes of at least 4 members (excludes halogenated alkanes) is 1. The van der Waals surface area contributed by atoms with Gasteiger partial charge in [-0.2, -0.15) is 0 Å². The van der Waals surface area contributed by atoms with Gasteiger partial charge in [0.15, 0.2) is 0 Å². The second-order valence-electron chi connectivity index (χ2n) is 2.62. The molecule has 0 unspecified atom stereocenters. The number of carbonyl (C=O) groups excluding carboxylic acids is 1. The van der Waals surface area contributed by atoms with E-state index in [0.29, 0.717) is 11.3 Å². The number of hydrogen-bond donors (Lipinski definition) is 2. The van der Waals surface area contributed by atoms with E-state index in [4.69, 9.17) is 11.5 Å². The first-order valence-electron chi connectivity index (χ1n) is 3.84. The van der Waals surface area contributed by atoms with Gasteiger partial charge in [0.2, 0.25) is 5.91 Å². The van der Waals surface area contributed by atoms with E-state index in [1.165, 1.54) is 0 Å². The van der Waals surface area contributed by atoms with E-state index >= 15 is 0 Å². The molecule has 1 amide bonds. The van der Waals surface area contributed by atoms with Gasteiger partial charge in [0, 0.05) is 11.3 Å². The fourth-order valence-electron chi connectivity index (χ4n) is 0.713. The van der Waals surface area contributed by atoms with Crippen LogP contribution in [-0.2, 0) is 4.79 Å². The third-order valence-electron chi connectivity index (χ3n) is 1.65. The Morgan fingerprint density at radius 3 is 2.27 bits per heavy atom. The van der Waals surface area contributed by atoms with Gasteiger partial charge in [0.05, 0.1) is 0 Å². The second-order valence-corrected chi connectivity index (χ2v) is 2.62. The number of carbonyl (C=O) groups is 1. The highest BCUT2D eigenvalue weighted by Gasteiger charge is 2.02. The summed E-state index contributed by atoms with van der Waals surface area (Å²) in [6.45, 7) is 3.74. The average molecular weight is 156 g/mol. The zero-order valence-corrected chi connectivity index (χ0v) is 7.18. The van der Waals surface area contributed by atoms with Crippen molar-refractivity contribution in [3.63, 3.8) is 0 Å². The zero-order chi connectivity index (χ0) is 8.85. The first-order chi connectivity index (χ1) is 5.09. The van der Waals surface area contributed by atoms with Crippen molar-refractivity contribution < 1.29 is 4.79 Å². The Bertz CT molecular complexity index is 173. The van der Waals surface area contributed by atoms with Gasteiger partial charge in [-0.1, -0.05) is 13.3 Å². The number of allylic oxidation sites excluding steroid dienone is 1. The highest BCUT2D eigenvalue weighted by Crippen LogP contribution is 2.05. The van der Waals surface area contributed by atoms with Gasteiger partial charge in [-0.25, -0.2) is 0 Å². The van der Waals surface area contributed by atoms with Gasteiger partial charge >= 0.3 is 0 Å². The molecule has 0 rings (SSSR count). The van der Waals surface area contributed by atoms with Crippen molar-refractivity contribution >= 4 is 5.91 Å². The molecule has 0 aliphatic rings. The van der Waals surface area contributed by atoms with E-state index in [0.717, 1.165) is 19.3 Å². The summed E-state index contributed by atoms with van der Waals surface area (Å²) in [7, 11) is 0. The lowest BCUT2D eigenvalue weighted by molar-refractivity contribution is -0.114. The van der Waals surface area contributed by atoms with Gasteiger partial charge < -0.3 is 11.5 Å². The molecule has 0 saturated carbocycles. The molecule has 11 heavy (non-hydrogen) atoms. The molecule has 0 aliphatic carbocycles. The van der Waals surface area contributed by atoms with Crippen LogP contribution in [0.3, 0.4) is 0 Å². The van der Waals surface area contributed by atoms with Crippen LogP contribution in [0.5, 0.6) is 0 Å². The minimum absolute atomic E-state index is 0.418. The zero-order valence-electron chi connectivity index (χ0n) is 7.18. The normalized spacial score (nSPS) is 12.5. The number of nitrogens with two attached hydrogens (primary N) is 2. The van der Waals surface area contributed by atoms with Gasteiger partial charge in [0.25, 0.3) is 0 Å². The molecule has 0 radical (unpaired) electrons. The molecule has 3 nitrogen and oxygen atoms in total. The predicted octanol–water partition coefficient (Wildman–Crippen LogP) is 0.895. The Morgan fingerprint density at radius 2 is 1.91 bits per heavy atom. The Labute approximate surface area is 67.4 Å². The third kappa shape index (κ3) is 3.65. The molecule has 0 aromatic carbocycles. The SMILES string of the molecule is CCCC/C(N)=C(/C)C(N)=O. The molecule has 3 heteroatoms. The maximum atomic E-state index is 10.6. The van der Waals surface area contributed by atoms with Crippen LogP contribution in [0.15, 0.2) is 11.3 Å². The van der Waals surface area contributed by atoms with E-state index in [1.54, 1.807) is 6.92 Å². The number of hydrogen-bond acceptors (Lipinski definition) is 2. The van der Waals surface area contributed by atoms with E-state index in [-0.39, 0.29) is 0 Å². The molecule has 64 valence electrons. The quantitative estimate of drug-likeness (QED) is 0.593. The van der Waals surface area contributed by atoms with Crippen LogP contribution < -0.4 is 11.5 Å². The standard InChI is InChI=1S/C8H16N2O/c1-3-4-5-7(9)6(2)8(10)11/h3-5,9H2,1-2H3,(H2,10,11)/b7-6+. The van der Waals surface area contributed by atoms with Crippen molar-refractivity contribution in [2.45, 2.75) is 33.1 Å². The fourth-order valence-corrected chi connectivity index (χ4v) is 0.713. The molecule has 0 heterocycles. The molecular weight excluding hydrogens is 140 g/mol. The third-order valence-corrected chi connectivity index (χ3v) is 1.65. The maximum Gasteiger partial charge on any atom is 0.246 e. The predicted molar refractivity (Wildman–Crippen MR) is 45.6 cm³/mol. The summed E-state index contributed by atoms with van der Waals surface area (Å²) in [5.74, 6) is -0.418. The molecular formula is C8H16N2O. The van der Waals surface area contributed by atoms with Crippen LogP contribution in [-0.4, -0.2) is 5.91 Å². The summed E-state index contributed by atoms with van der Waals surface area (Å²) in [5.41, 5.74) is 11.7. The maximum absolute atomic E-state index is 10.6. The average Bonchev–Trinajstić information content (AvgIpc) is 1.98. The lowest BCUT2D eigenvalue weighted by Gasteiger charge is -2.02. The van der Waals surface area contributed by atoms with Crippen molar-refractivity contribution in [2.24, 2.45) is 11.5 Å². The molecule has 0 fully saturated rings. The van der Waals surface area contributed by atoms with Crippen molar-refractivity contribution in [1.29, 1.82) is 0 Å². The second kappa shape index (κ2) is 4.77. The Hall–Kier alpha value is -0.990. The van der Waals surface area contributed by atoms with Gasteiger partial charge in [-0.3, -0.25) is 4.79 Å². The van der Waals surface area contributed by atoms with Crippen molar-refractivity contribution in [1.82, 2.24) is 0 Å². The van der Waals surface area contributed by atoms with E-state index in [9.17, 15) is 4.79 Å². The lowest BCUT2D eigenvalue weighted by atomic mass is 10.1. The number of primary amides is 1. The van der Waals surface area contributed by atoms with E-state index in [2.05, 4.69) is 6.92 Å². The van der Waals surface area contributed by atoms with Crippen LogP contribution in [0, 0.1) is 0 Å². The summed E-state index contributed by atoms with van der Waals surface area (Å²) in [5, 5.41) is 0. The molecule has 0 aromatic heterocycles.